The van der Waals surface area contributed by atoms with Crippen molar-refractivity contribution in [1.82, 2.24) is 15.6 Å². The summed E-state index contributed by atoms with van der Waals surface area (Å²) in [6.45, 7) is 3.56. The normalized spacial score (nSPS) is 15.5. The fraction of sp³-hybridized carbons (Fsp3) is 0.412. The number of urea groups is 1. The van der Waals surface area contributed by atoms with E-state index in [1.54, 1.807) is 0 Å². The van der Waals surface area contributed by atoms with Crippen molar-refractivity contribution in [1.29, 1.82) is 0 Å². The molecule has 1 aliphatic heterocycles. The Balaban J connectivity index is 1.65. The van der Waals surface area contributed by atoms with Crippen LogP contribution in [0.4, 0.5) is 4.79 Å². The highest BCUT2D eigenvalue weighted by Crippen LogP contribution is 2.13. The molecule has 0 aliphatic carbocycles. The van der Waals surface area contributed by atoms with E-state index >= 15 is 0 Å². The number of hydrogen-bond donors (Lipinski definition) is 3. The Bertz CT molecular complexity index is 763. The molecule has 0 bridgehead atoms. The monoisotopic (exact) mass is 315 g/mol. The second kappa shape index (κ2) is 6.83. The highest BCUT2D eigenvalue weighted by Gasteiger charge is 2.16. The zero-order valence-electron chi connectivity index (χ0n) is 13.1. The van der Waals surface area contributed by atoms with Gasteiger partial charge in [0.1, 0.15) is 0 Å². The number of aromatic amines is 1. The first-order valence-corrected chi connectivity index (χ1v) is 7.86. The number of fused-ring (bicyclic) bond motifs is 1. The predicted octanol–water partition coefficient (Wildman–Crippen LogP) is 1.81. The molecule has 0 spiro atoms. The van der Waals surface area contributed by atoms with Crippen molar-refractivity contribution in [3.8, 4) is 0 Å². The predicted molar refractivity (Wildman–Crippen MR) is 88.5 cm³/mol. The average molecular weight is 315 g/mol. The fourth-order valence-electron chi connectivity index (χ4n) is 2.76. The van der Waals surface area contributed by atoms with Crippen LogP contribution in [0.15, 0.2) is 29.1 Å². The molecule has 1 aromatic carbocycles. The number of H-pyrrole nitrogens is 1. The molecule has 3 rings (SSSR count). The molecule has 2 aromatic rings. The summed E-state index contributed by atoms with van der Waals surface area (Å²) in [5.74, 6) is 0. The largest absolute Gasteiger partial charge is 0.381 e. The number of carbonyl (C=O) groups is 1. The van der Waals surface area contributed by atoms with Crippen LogP contribution in [0.1, 0.15) is 24.0 Å². The van der Waals surface area contributed by atoms with Crippen molar-refractivity contribution < 1.29 is 9.53 Å². The minimum absolute atomic E-state index is 0.140. The minimum Gasteiger partial charge on any atom is -0.381 e. The molecule has 6 heteroatoms. The van der Waals surface area contributed by atoms with Gasteiger partial charge in [0.05, 0.1) is 0 Å². The third kappa shape index (κ3) is 3.90. The van der Waals surface area contributed by atoms with Crippen LogP contribution in [0.25, 0.3) is 10.9 Å². The van der Waals surface area contributed by atoms with Gasteiger partial charge in [-0.3, -0.25) is 4.79 Å². The molecule has 1 aliphatic rings. The number of carbonyl (C=O) groups excluding carboxylic acids is 1. The van der Waals surface area contributed by atoms with Crippen molar-refractivity contribution in [3.05, 3.63) is 45.7 Å². The lowest BCUT2D eigenvalue weighted by Crippen LogP contribution is -2.44. The maximum absolute atomic E-state index is 12.1. The Labute approximate surface area is 134 Å². The molecule has 1 aromatic heterocycles. The van der Waals surface area contributed by atoms with Crippen LogP contribution in [-0.4, -0.2) is 30.3 Å². The number of ether oxygens (including phenoxy) is 1. The van der Waals surface area contributed by atoms with Crippen molar-refractivity contribution >= 4 is 16.9 Å². The van der Waals surface area contributed by atoms with Crippen LogP contribution in [0.3, 0.4) is 0 Å². The van der Waals surface area contributed by atoms with Crippen LogP contribution < -0.4 is 16.2 Å². The van der Waals surface area contributed by atoms with Crippen molar-refractivity contribution in [3.63, 3.8) is 0 Å². The van der Waals surface area contributed by atoms with Crippen molar-refractivity contribution in [2.75, 3.05) is 13.2 Å². The summed E-state index contributed by atoms with van der Waals surface area (Å²) >= 11 is 0. The molecule has 1 saturated heterocycles. The van der Waals surface area contributed by atoms with E-state index in [0.717, 1.165) is 29.3 Å². The summed E-state index contributed by atoms with van der Waals surface area (Å²) in [5, 5.41) is 6.63. The molecule has 6 nitrogen and oxygen atoms in total. The second-order valence-corrected chi connectivity index (χ2v) is 5.93. The first-order valence-electron chi connectivity index (χ1n) is 7.86. The van der Waals surface area contributed by atoms with Gasteiger partial charge in [0, 0.05) is 36.9 Å². The molecule has 1 fully saturated rings. The molecule has 0 saturated carbocycles. The first-order chi connectivity index (χ1) is 11.1. The third-order valence-corrected chi connectivity index (χ3v) is 4.07. The second-order valence-electron chi connectivity index (χ2n) is 5.93. The average Bonchev–Trinajstić information content (AvgIpc) is 2.54. The van der Waals surface area contributed by atoms with Crippen LogP contribution in [0.2, 0.25) is 0 Å². The van der Waals surface area contributed by atoms with E-state index in [1.165, 1.54) is 0 Å². The summed E-state index contributed by atoms with van der Waals surface area (Å²) in [6.07, 6.45) is 1.65. The van der Waals surface area contributed by atoms with Gasteiger partial charge in [-0.1, -0.05) is 11.6 Å². The van der Waals surface area contributed by atoms with Gasteiger partial charge < -0.3 is 20.4 Å². The maximum Gasteiger partial charge on any atom is 0.315 e. The number of aromatic nitrogens is 1. The molecule has 0 radical (unpaired) electrons. The first kappa shape index (κ1) is 15.6. The maximum atomic E-state index is 12.1. The van der Waals surface area contributed by atoms with Gasteiger partial charge in [0.25, 0.3) is 5.56 Å². The van der Waals surface area contributed by atoms with Gasteiger partial charge in [-0.05, 0) is 43.4 Å². The van der Waals surface area contributed by atoms with Gasteiger partial charge in [-0.25, -0.2) is 4.79 Å². The summed E-state index contributed by atoms with van der Waals surface area (Å²) < 4.78 is 5.26. The van der Waals surface area contributed by atoms with Gasteiger partial charge in [-0.2, -0.15) is 0 Å². The Hall–Kier alpha value is -2.34. The molecule has 122 valence electrons. The molecule has 0 unspecified atom stereocenters. The topological polar surface area (TPSA) is 83.2 Å². The number of aryl methyl sites for hydroxylation is 1. The number of amides is 2. The molecule has 3 N–H and O–H groups in total. The lowest BCUT2D eigenvalue weighted by Gasteiger charge is -2.23. The van der Waals surface area contributed by atoms with Crippen LogP contribution in [0, 0.1) is 6.92 Å². The van der Waals surface area contributed by atoms with Gasteiger partial charge >= 0.3 is 6.03 Å². The molecule has 0 atom stereocenters. The van der Waals surface area contributed by atoms with Gasteiger partial charge in [0.2, 0.25) is 0 Å². The quantitative estimate of drug-likeness (QED) is 0.808. The van der Waals surface area contributed by atoms with E-state index < -0.39 is 0 Å². The molecule has 2 amide bonds. The number of nitrogens with one attached hydrogen (secondary N) is 3. The third-order valence-electron chi connectivity index (χ3n) is 4.07. The van der Waals surface area contributed by atoms with E-state index in [0.29, 0.717) is 18.8 Å². The summed E-state index contributed by atoms with van der Waals surface area (Å²) in [4.78, 5) is 26.9. The highest BCUT2D eigenvalue weighted by atomic mass is 16.5. The van der Waals surface area contributed by atoms with Gasteiger partial charge in [-0.15, -0.1) is 0 Å². The van der Waals surface area contributed by atoms with E-state index in [4.69, 9.17) is 4.74 Å². The Morgan fingerprint density at radius 2 is 2.09 bits per heavy atom. The van der Waals surface area contributed by atoms with Gasteiger partial charge in [0.15, 0.2) is 0 Å². The van der Waals surface area contributed by atoms with E-state index in [-0.39, 0.29) is 24.2 Å². The summed E-state index contributed by atoms with van der Waals surface area (Å²) in [7, 11) is 0. The lowest BCUT2D eigenvalue weighted by molar-refractivity contribution is 0.0801. The molecule has 2 heterocycles. The van der Waals surface area contributed by atoms with E-state index in [2.05, 4.69) is 15.6 Å². The SMILES string of the molecule is Cc1ccc2[nH]c(=O)c(CNC(=O)NC3CCOCC3)cc2c1. The number of benzene rings is 1. The van der Waals surface area contributed by atoms with E-state index in [9.17, 15) is 9.59 Å². The van der Waals surface area contributed by atoms with Crippen molar-refractivity contribution in [2.24, 2.45) is 0 Å². The standard InChI is InChI=1S/C17H21N3O3/c1-11-2-3-15-12(8-11)9-13(16(21)20-15)10-18-17(22)19-14-4-6-23-7-5-14/h2-3,8-9,14H,4-7,10H2,1H3,(H,20,21)(H2,18,19,22). The Morgan fingerprint density at radius 1 is 1.30 bits per heavy atom. The number of hydrogen-bond acceptors (Lipinski definition) is 3. The minimum atomic E-state index is -0.249. The molecular weight excluding hydrogens is 294 g/mol. The molecular formula is C17H21N3O3. The van der Waals surface area contributed by atoms with Crippen LogP contribution in [-0.2, 0) is 11.3 Å². The number of pyridine rings is 1. The van der Waals surface area contributed by atoms with E-state index in [1.807, 2.05) is 31.2 Å². The zero-order chi connectivity index (χ0) is 16.2. The molecule has 23 heavy (non-hydrogen) atoms. The summed E-state index contributed by atoms with van der Waals surface area (Å²) in [6, 6.07) is 7.58. The summed E-state index contributed by atoms with van der Waals surface area (Å²) in [5.41, 5.74) is 2.30. The Morgan fingerprint density at radius 3 is 2.87 bits per heavy atom. The van der Waals surface area contributed by atoms with Crippen molar-refractivity contribution in [2.45, 2.75) is 32.4 Å². The smallest absolute Gasteiger partial charge is 0.315 e. The number of rotatable bonds is 3. The lowest BCUT2D eigenvalue weighted by atomic mass is 10.1. The fourth-order valence-corrected chi connectivity index (χ4v) is 2.76. The zero-order valence-corrected chi connectivity index (χ0v) is 13.1. The highest BCUT2D eigenvalue weighted by molar-refractivity contribution is 5.80. The van der Waals surface area contributed by atoms with Crippen LogP contribution >= 0.6 is 0 Å². The Kier molecular flexibility index (Phi) is 4.62. The van der Waals surface area contributed by atoms with Crippen LogP contribution in [0.5, 0.6) is 0 Å².